The maximum absolute atomic E-state index is 13.7. The number of ether oxygens (including phenoxy) is 2. The minimum Gasteiger partial charge on any atom is -0.397 e. The van der Waals surface area contributed by atoms with E-state index in [1.807, 2.05) is 13.8 Å². The van der Waals surface area contributed by atoms with E-state index < -0.39 is 29.0 Å². The number of halogens is 4. The van der Waals surface area contributed by atoms with E-state index in [-0.39, 0.29) is 24.3 Å². The molecule has 0 bridgehead atoms. The van der Waals surface area contributed by atoms with Crippen LogP contribution >= 0.6 is 12.0 Å². The fraction of sp³-hybridized carbons (Fsp3) is 0.615. The topological polar surface area (TPSA) is 52.6 Å². The third-order valence-electron chi connectivity index (χ3n) is 2.78. The maximum atomic E-state index is 13.7. The third-order valence-corrected chi connectivity index (χ3v) is 3.22. The van der Waals surface area contributed by atoms with Crippen molar-refractivity contribution in [2.24, 2.45) is 0 Å². The summed E-state index contributed by atoms with van der Waals surface area (Å²) in [6, 6.07) is 1.99. The van der Waals surface area contributed by atoms with Gasteiger partial charge in [0.15, 0.2) is 23.7 Å². The highest BCUT2D eigenvalue weighted by Gasteiger charge is 2.32. The lowest BCUT2D eigenvalue weighted by molar-refractivity contribution is -0.177. The second kappa shape index (κ2) is 7.10. The predicted molar refractivity (Wildman–Crippen MR) is 76.7 cm³/mol. The molecule has 0 amide bonds. The minimum absolute atomic E-state index is 0.198. The van der Waals surface area contributed by atoms with E-state index in [1.165, 1.54) is 0 Å². The number of aromatic nitrogens is 1. The Morgan fingerprint density at radius 2 is 2.17 bits per heavy atom. The van der Waals surface area contributed by atoms with Crippen molar-refractivity contribution >= 4 is 17.9 Å². The molecule has 1 unspecified atom stereocenters. The highest BCUT2D eigenvalue weighted by Crippen LogP contribution is 2.32. The summed E-state index contributed by atoms with van der Waals surface area (Å²) in [5.41, 5.74) is -5.02. The molecule has 1 saturated heterocycles. The number of hydrogen-bond donors (Lipinski definition) is 1. The fourth-order valence-corrected chi connectivity index (χ4v) is 2.22. The first-order valence-electron chi connectivity index (χ1n) is 6.73. The number of alkyl halides is 3. The Hall–Kier alpha value is -1.26. The molecule has 1 aliphatic heterocycles. The molecule has 130 valence electrons. The molecule has 23 heavy (non-hydrogen) atoms. The van der Waals surface area contributed by atoms with Crippen molar-refractivity contribution in [3.8, 4) is 5.88 Å². The van der Waals surface area contributed by atoms with Crippen molar-refractivity contribution in [2.75, 3.05) is 25.1 Å². The lowest BCUT2D eigenvalue weighted by Crippen LogP contribution is -2.45. The summed E-state index contributed by atoms with van der Waals surface area (Å²) in [7, 11) is 0. The summed E-state index contributed by atoms with van der Waals surface area (Å²) in [5.74, 6) is -1.26. The number of hydrogen-bond acceptors (Lipinski definition) is 6. The van der Waals surface area contributed by atoms with Crippen LogP contribution in [0.3, 0.4) is 0 Å². The molecule has 2 rings (SSSR count). The third kappa shape index (κ3) is 6.04. The molecular weight excluding hydrogens is 340 g/mol. The second-order valence-corrected chi connectivity index (χ2v) is 6.28. The van der Waals surface area contributed by atoms with Crippen molar-refractivity contribution in [1.82, 2.24) is 4.98 Å². The van der Waals surface area contributed by atoms with Gasteiger partial charge < -0.3 is 19.0 Å². The second-order valence-electron chi connectivity index (χ2n) is 5.49. The van der Waals surface area contributed by atoms with Gasteiger partial charge in [0, 0.05) is 12.6 Å². The summed E-state index contributed by atoms with van der Waals surface area (Å²) in [6.07, 6.45) is -0.325. The average molecular weight is 356 g/mol. The molecule has 10 heteroatoms. The molecule has 0 aliphatic carbocycles. The van der Waals surface area contributed by atoms with Gasteiger partial charge in [0.2, 0.25) is 5.88 Å². The summed E-state index contributed by atoms with van der Waals surface area (Å²) in [6.45, 7) is 4.71. The van der Waals surface area contributed by atoms with E-state index in [1.54, 1.807) is 0 Å². The van der Waals surface area contributed by atoms with E-state index >= 15 is 0 Å². The van der Waals surface area contributed by atoms with Gasteiger partial charge in [-0.3, -0.25) is 0 Å². The lowest BCUT2D eigenvalue weighted by atomic mass is 10.1. The van der Waals surface area contributed by atoms with Crippen LogP contribution in [-0.2, 0) is 9.47 Å². The van der Waals surface area contributed by atoms with Crippen LogP contribution in [0.1, 0.15) is 13.8 Å². The Balaban J connectivity index is 1.94. The predicted octanol–water partition coefficient (Wildman–Crippen LogP) is 3.37. The van der Waals surface area contributed by atoms with Crippen LogP contribution in [0.15, 0.2) is 12.1 Å². The van der Waals surface area contributed by atoms with Gasteiger partial charge in [-0.25, -0.2) is 4.39 Å². The van der Waals surface area contributed by atoms with Gasteiger partial charge in [0.25, 0.3) is 0 Å². The highest BCUT2D eigenvalue weighted by molar-refractivity contribution is 7.95. The molecule has 1 atom stereocenters. The first-order chi connectivity index (χ1) is 10.6. The Bertz CT molecular complexity index is 542. The Morgan fingerprint density at radius 1 is 1.43 bits per heavy atom. The van der Waals surface area contributed by atoms with Crippen LogP contribution in [0.4, 0.5) is 23.4 Å². The fourth-order valence-electron chi connectivity index (χ4n) is 1.95. The lowest BCUT2D eigenvalue weighted by Gasteiger charge is -2.36. The molecule has 0 radical (unpaired) electrons. The van der Waals surface area contributed by atoms with Gasteiger partial charge in [-0.1, -0.05) is 0 Å². The number of nitrogens with one attached hydrogen (secondary N) is 1. The van der Waals surface area contributed by atoms with Crippen LogP contribution in [-0.4, -0.2) is 42.0 Å². The molecule has 1 fully saturated rings. The van der Waals surface area contributed by atoms with Crippen molar-refractivity contribution in [1.29, 1.82) is 0 Å². The van der Waals surface area contributed by atoms with Crippen LogP contribution in [0.5, 0.6) is 5.88 Å². The molecule has 1 aromatic rings. The molecule has 1 aromatic heterocycles. The van der Waals surface area contributed by atoms with Crippen LogP contribution in [0.25, 0.3) is 0 Å². The summed E-state index contributed by atoms with van der Waals surface area (Å²) in [4.78, 5) is 3.67. The van der Waals surface area contributed by atoms with Crippen LogP contribution in [0, 0.1) is 5.82 Å². The summed E-state index contributed by atoms with van der Waals surface area (Å²) >= 11 is -0.710. The number of rotatable bonds is 5. The van der Waals surface area contributed by atoms with Gasteiger partial charge in [-0.2, -0.15) is 18.2 Å². The van der Waals surface area contributed by atoms with E-state index in [9.17, 15) is 17.6 Å². The largest absolute Gasteiger partial charge is 0.479 e. The highest BCUT2D eigenvalue weighted by atomic mass is 32.2. The summed E-state index contributed by atoms with van der Waals surface area (Å²) in [5, 5.41) is 2.70. The number of nitrogens with zero attached hydrogens (tertiary/aromatic N) is 1. The minimum atomic E-state index is -4.57. The Morgan fingerprint density at radius 3 is 2.83 bits per heavy atom. The van der Waals surface area contributed by atoms with Crippen molar-refractivity contribution in [3.63, 3.8) is 0 Å². The van der Waals surface area contributed by atoms with Crippen molar-refractivity contribution in [2.45, 2.75) is 31.1 Å². The van der Waals surface area contributed by atoms with Crippen molar-refractivity contribution < 1.29 is 31.2 Å². The quantitative estimate of drug-likeness (QED) is 0.645. The molecule has 1 N–H and O–H groups in total. The molecule has 1 aliphatic rings. The monoisotopic (exact) mass is 356 g/mol. The normalized spacial score (nSPS) is 21.0. The standard InChI is InChI=1S/C13H16F4N2O3S/c1-12(2)7-20-6-8(21-12)5-18-11-9(14)3-4-10(19-11)22-23-13(15,16)17/h3-4,8H,5-7H2,1-2H3,(H,18,19). The van der Waals surface area contributed by atoms with Gasteiger partial charge in [0.1, 0.15) is 0 Å². The van der Waals surface area contributed by atoms with Gasteiger partial charge in [-0.15, -0.1) is 0 Å². The summed E-state index contributed by atoms with van der Waals surface area (Å²) < 4.78 is 65.4. The average Bonchev–Trinajstić information content (AvgIpc) is 2.43. The number of pyridine rings is 1. The molecule has 2 heterocycles. The molecule has 5 nitrogen and oxygen atoms in total. The van der Waals surface area contributed by atoms with Crippen LogP contribution < -0.4 is 9.50 Å². The molecular formula is C13H16F4N2O3S. The first kappa shape index (κ1) is 18.1. The first-order valence-corrected chi connectivity index (χ1v) is 7.47. The zero-order valence-electron chi connectivity index (χ0n) is 12.4. The number of anilines is 1. The zero-order chi connectivity index (χ0) is 17.1. The van der Waals surface area contributed by atoms with E-state index in [0.29, 0.717) is 13.2 Å². The molecule has 0 spiro atoms. The van der Waals surface area contributed by atoms with Gasteiger partial charge >= 0.3 is 5.51 Å². The van der Waals surface area contributed by atoms with E-state index in [4.69, 9.17) is 9.47 Å². The smallest absolute Gasteiger partial charge is 0.397 e. The molecule has 0 saturated carbocycles. The SMILES string of the molecule is CC1(C)COCC(CNc2nc(OSC(F)(F)F)ccc2F)O1. The van der Waals surface area contributed by atoms with E-state index in [0.717, 1.165) is 12.1 Å². The Kier molecular flexibility index (Phi) is 5.58. The van der Waals surface area contributed by atoms with Gasteiger partial charge in [-0.05, 0) is 19.9 Å². The zero-order valence-corrected chi connectivity index (χ0v) is 13.3. The van der Waals surface area contributed by atoms with Gasteiger partial charge in [0.05, 0.1) is 24.9 Å². The van der Waals surface area contributed by atoms with Crippen molar-refractivity contribution in [3.05, 3.63) is 17.9 Å². The molecule has 0 aromatic carbocycles. The Labute approximate surface area is 134 Å². The van der Waals surface area contributed by atoms with Crippen LogP contribution in [0.2, 0.25) is 0 Å². The van der Waals surface area contributed by atoms with E-state index in [2.05, 4.69) is 14.5 Å². The maximum Gasteiger partial charge on any atom is 0.479 e.